The van der Waals surface area contributed by atoms with E-state index >= 15 is 0 Å². The average molecular weight is 385 g/mol. The van der Waals surface area contributed by atoms with E-state index in [1.54, 1.807) is 0 Å². The van der Waals surface area contributed by atoms with Crippen LogP contribution in [0.3, 0.4) is 0 Å². The van der Waals surface area contributed by atoms with E-state index in [1.165, 1.54) is 11.0 Å². The molecule has 25 heavy (non-hydrogen) atoms. The third kappa shape index (κ3) is 3.67. The molecular weight excluding hydrogens is 355 g/mol. The van der Waals surface area contributed by atoms with Gasteiger partial charge in [0.15, 0.2) is 0 Å². The van der Waals surface area contributed by atoms with Gasteiger partial charge in [-0.15, -0.1) is 24.8 Å². The number of para-hydroxylation sites is 2. The Bertz CT molecular complexity index is 825. The second-order valence-electron chi connectivity index (χ2n) is 7.26. The van der Waals surface area contributed by atoms with Crippen molar-refractivity contribution in [2.75, 3.05) is 13.1 Å². The Labute approximate surface area is 163 Å². The van der Waals surface area contributed by atoms with Crippen molar-refractivity contribution in [2.24, 2.45) is 0 Å². The first-order valence-corrected chi connectivity index (χ1v) is 8.61. The van der Waals surface area contributed by atoms with Gasteiger partial charge in [0.25, 0.3) is 0 Å². The number of hydrogen-bond donors (Lipinski definition) is 0. The summed E-state index contributed by atoms with van der Waals surface area (Å²) in [4.78, 5) is 7.45. The lowest BCUT2D eigenvalue weighted by Gasteiger charge is -2.28. The first-order valence-electron chi connectivity index (χ1n) is 8.61. The molecule has 2 aromatic heterocycles. The Morgan fingerprint density at radius 1 is 1.04 bits per heavy atom. The van der Waals surface area contributed by atoms with Crippen LogP contribution in [0.25, 0.3) is 16.8 Å². The zero-order valence-electron chi connectivity index (χ0n) is 16.0. The maximum atomic E-state index is 4.99. The average Bonchev–Trinajstić information content (AvgIpc) is 3.05. The smallest absolute Gasteiger partial charge is 0.216 e. The number of halogens is 2. The fourth-order valence-electron chi connectivity index (χ4n) is 3.34. The fraction of sp³-hybridized carbons (Fsp3) is 0.526. The van der Waals surface area contributed by atoms with Crippen LogP contribution in [0.15, 0.2) is 30.5 Å². The summed E-state index contributed by atoms with van der Waals surface area (Å²) in [7, 11) is 0. The summed E-state index contributed by atoms with van der Waals surface area (Å²) in [6.45, 7) is 15.4. The van der Waals surface area contributed by atoms with Gasteiger partial charge in [0.1, 0.15) is 0 Å². The first kappa shape index (κ1) is 21.8. The van der Waals surface area contributed by atoms with Crippen molar-refractivity contribution in [1.82, 2.24) is 18.9 Å². The van der Waals surface area contributed by atoms with Crippen molar-refractivity contribution in [3.8, 4) is 0 Å². The van der Waals surface area contributed by atoms with E-state index in [9.17, 15) is 0 Å². The third-order valence-electron chi connectivity index (χ3n) is 4.79. The van der Waals surface area contributed by atoms with E-state index in [0.717, 1.165) is 24.6 Å². The van der Waals surface area contributed by atoms with Crippen LogP contribution in [-0.2, 0) is 5.41 Å². The van der Waals surface area contributed by atoms with Crippen molar-refractivity contribution in [1.29, 1.82) is 0 Å². The molecule has 0 radical (unpaired) electrons. The van der Waals surface area contributed by atoms with Crippen molar-refractivity contribution >= 4 is 41.6 Å². The molecule has 1 unspecified atom stereocenters. The van der Waals surface area contributed by atoms with Gasteiger partial charge in [-0.25, -0.2) is 4.98 Å². The number of aromatic nitrogens is 3. The summed E-state index contributed by atoms with van der Waals surface area (Å²) in [5.41, 5.74) is 3.66. The lowest BCUT2D eigenvalue weighted by molar-refractivity contribution is 0.179. The molecule has 3 aromatic rings. The molecule has 140 valence electrons. The SMILES string of the molecule is CCN(CC)C(C)n1c2ccccc2n2cc(C(C)(C)C)nc12.Cl.Cl. The van der Waals surface area contributed by atoms with Crippen LogP contribution >= 0.6 is 24.8 Å². The quantitative estimate of drug-likeness (QED) is 0.610. The third-order valence-corrected chi connectivity index (χ3v) is 4.79. The highest BCUT2D eigenvalue weighted by Gasteiger charge is 2.24. The van der Waals surface area contributed by atoms with Crippen LogP contribution in [0.5, 0.6) is 0 Å². The number of nitrogens with zero attached hydrogens (tertiary/aromatic N) is 4. The van der Waals surface area contributed by atoms with E-state index in [4.69, 9.17) is 4.98 Å². The van der Waals surface area contributed by atoms with Gasteiger partial charge in [-0.2, -0.15) is 0 Å². The summed E-state index contributed by atoms with van der Waals surface area (Å²) in [6, 6.07) is 8.59. The molecule has 1 atom stereocenters. The van der Waals surface area contributed by atoms with Crippen LogP contribution in [0, 0.1) is 0 Å². The second-order valence-corrected chi connectivity index (χ2v) is 7.26. The monoisotopic (exact) mass is 384 g/mol. The predicted octanol–water partition coefficient (Wildman–Crippen LogP) is 5.29. The molecule has 0 N–H and O–H groups in total. The van der Waals surface area contributed by atoms with Crippen LogP contribution in [0.1, 0.15) is 53.4 Å². The van der Waals surface area contributed by atoms with Gasteiger partial charge >= 0.3 is 0 Å². The van der Waals surface area contributed by atoms with Crippen molar-refractivity contribution in [3.05, 3.63) is 36.2 Å². The zero-order valence-corrected chi connectivity index (χ0v) is 17.6. The van der Waals surface area contributed by atoms with E-state index in [2.05, 4.69) is 85.9 Å². The molecule has 0 amide bonds. The number of hydrogen-bond acceptors (Lipinski definition) is 2. The second kappa shape index (κ2) is 7.98. The largest absolute Gasteiger partial charge is 0.294 e. The molecule has 0 fully saturated rings. The Morgan fingerprint density at radius 3 is 2.12 bits per heavy atom. The number of benzene rings is 1. The fourth-order valence-corrected chi connectivity index (χ4v) is 3.34. The van der Waals surface area contributed by atoms with E-state index in [1.807, 2.05) is 0 Å². The minimum Gasteiger partial charge on any atom is -0.294 e. The zero-order chi connectivity index (χ0) is 16.8. The van der Waals surface area contributed by atoms with Crippen LogP contribution < -0.4 is 0 Å². The molecule has 0 saturated heterocycles. The van der Waals surface area contributed by atoms with Crippen LogP contribution in [0.4, 0.5) is 0 Å². The molecule has 0 spiro atoms. The van der Waals surface area contributed by atoms with Gasteiger partial charge < -0.3 is 0 Å². The molecule has 0 aliphatic rings. The standard InChI is InChI=1S/C19H28N4.2ClH/c1-7-21(8-2)14(3)23-16-12-10-9-11-15(16)22-13-17(19(4,5)6)20-18(22)23;;/h9-14H,7-8H2,1-6H3;2*1H. The summed E-state index contributed by atoms with van der Waals surface area (Å²) in [5.74, 6) is 1.04. The highest BCUT2D eigenvalue weighted by atomic mass is 35.5. The molecule has 0 saturated carbocycles. The molecule has 1 aromatic carbocycles. The Balaban J connectivity index is 0.00000156. The van der Waals surface area contributed by atoms with Gasteiger partial charge in [0.2, 0.25) is 5.78 Å². The van der Waals surface area contributed by atoms with Gasteiger partial charge in [0.05, 0.1) is 22.9 Å². The van der Waals surface area contributed by atoms with Gasteiger partial charge in [-0.05, 0) is 32.1 Å². The lowest BCUT2D eigenvalue weighted by Crippen LogP contribution is -2.30. The summed E-state index contributed by atoms with van der Waals surface area (Å²) < 4.78 is 4.62. The molecular formula is C19H30Cl2N4. The van der Waals surface area contributed by atoms with Crippen LogP contribution in [-0.4, -0.2) is 31.9 Å². The van der Waals surface area contributed by atoms with E-state index in [-0.39, 0.29) is 36.4 Å². The Hall–Kier alpha value is -1.23. The Morgan fingerprint density at radius 2 is 1.60 bits per heavy atom. The predicted molar refractivity (Wildman–Crippen MR) is 112 cm³/mol. The number of fused-ring (bicyclic) bond motifs is 3. The minimum absolute atomic E-state index is 0. The van der Waals surface area contributed by atoms with Crippen LogP contribution in [0.2, 0.25) is 0 Å². The molecule has 0 aliphatic heterocycles. The number of rotatable bonds is 4. The molecule has 0 aliphatic carbocycles. The van der Waals surface area contributed by atoms with Crippen molar-refractivity contribution < 1.29 is 0 Å². The highest BCUT2D eigenvalue weighted by molar-refractivity contribution is 5.85. The maximum Gasteiger partial charge on any atom is 0.216 e. The molecule has 2 heterocycles. The molecule has 3 rings (SSSR count). The van der Waals surface area contributed by atoms with E-state index < -0.39 is 0 Å². The summed E-state index contributed by atoms with van der Waals surface area (Å²) in [6.07, 6.45) is 2.48. The minimum atomic E-state index is 0. The Kier molecular flexibility index (Phi) is 6.96. The maximum absolute atomic E-state index is 4.99. The highest BCUT2D eigenvalue weighted by Crippen LogP contribution is 2.29. The normalized spacial score (nSPS) is 13.1. The van der Waals surface area contributed by atoms with Gasteiger partial charge in [0, 0.05) is 11.6 Å². The molecule has 0 bridgehead atoms. The van der Waals surface area contributed by atoms with Gasteiger partial charge in [-0.1, -0.05) is 46.8 Å². The number of imidazole rings is 2. The molecule has 6 heteroatoms. The van der Waals surface area contributed by atoms with Crippen molar-refractivity contribution in [2.45, 2.75) is 53.1 Å². The van der Waals surface area contributed by atoms with Crippen molar-refractivity contribution in [3.63, 3.8) is 0 Å². The summed E-state index contributed by atoms with van der Waals surface area (Å²) >= 11 is 0. The van der Waals surface area contributed by atoms with E-state index in [0.29, 0.717) is 0 Å². The van der Waals surface area contributed by atoms with Gasteiger partial charge in [-0.3, -0.25) is 13.9 Å². The molecule has 4 nitrogen and oxygen atoms in total. The summed E-state index contributed by atoms with van der Waals surface area (Å²) in [5, 5.41) is 0. The lowest BCUT2D eigenvalue weighted by atomic mass is 9.93. The topological polar surface area (TPSA) is 25.5 Å². The first-order chi connectivity index (χ1) is 10.9.